The Kier molecular flexibility index (Phi) is 2.58. The molecule has 0 unspecified atom stereocenters. The van der Waals surface area contributed by atoms with E-state index in [0.29, 0.717) is 0 Å². The normalized spacial score (nSPS) is 11.2. The molecule has 0 fully saturated rings. The van der Waals surface area contributed by atoms with Gasteiger partial charge in [-0.1, -0.05) is 34.8 Å². The number of aromatic nitrogens is 2. The second kappa shape index (κ2) is 4.43. The van der Waals surface area contributed by atoms with Crippen LogP contribution in [0, 0.1) is 0 Å². The van der Waals surface area contributed by atoms with Gasteiger partial charge < -0.3 is 11.1 Å². The van der Waals surface area contributed by atoms with Crippen molar-refractivity contribution in [1.82, 2.24) is 9.97 Å². The van der Waals surface area contributed by atoms with E-state index >= 15 is 0 Å². The first-order valence-corrected chi connectivity index (χ1v) is 7.70. The third-order valence-corrected chi connectivity index (χ3v) is 4.81. The topological polar surface area (TPSA) is 63.8 Å². The molecule has 98 valence electrons. The van der Waals surface area contributed by atoms with Crippen LogP contribution in [0.2, 0.25) is 0 Å². The zero-order chi connectivity index (χ0) is 13.5. The van der Waals surface area contributed by atoms with E-state index in [0.717, 1.165) is 31.7 Å². The van der Waals surface area contributed by atoms with Crippen molar-refractivity contribution in [2.45, 2.75) is 0 Å². The van der Waals surface area contributed by atoms with Gasteiger partial charge in [-0.05, 0) is 30.3 Å². The maximum absolute atomic E-state index is 5.78. The van der Waals surface area contributed by atoms with E-state index in [9.17, 15) is 0 Å². The number of para-hydroxylation sites is 1. The highest BCUT2D eigenvalue weighted by atomic mass is 32.1. The molecule has 0 atom stereocenters. The van der Waals surface area contributed by atoms with Crippen LogP contribution in [-0.2, 0) is 0 Å². The first-order valence-electron chi connectivity index (χ1n) is 6.06. The van der Waals surface area contributed by atoms with Crippen LogP contribution < -0.4 is 11.1 Å². The molecule has 20 heavy (non-hydrogen) atoms. The maximum Gasteiger partial charge on any atom is 0.190 e. The minimum Gasteiger partial charge on any atom is -0.399 e. The lowest BCUT2D eigenvalue weighted by Gasteiger charge is -1.93. The van der Waals surface area contributed by atoms with Gasteiger partial charge in [0, 0.05) is 5.69 Å². The zero-order valence-electron chi connectivity index (χ0n) is 10.3. The summed E-state index contributed by atoms with van der Waals surface area (Å²) in [6.07, 6.45) is 0. The van der Waals surface area contributed by atoms with Crippen molar-refractivity contribution in [2.75, 3.05) is 11.1 Å². The van der Waals surface area contributed by atoms with Crippen LogP contribution in [0.5, 0.6) is 0 Å². The summed E-state index contributed by atoms with van der Waals surface area (Å²) in [6.45, 7) is 0. The number of hydrogen-bond donors (Lipinski definition) is 2. The van der Waals surface area contributed by atoms with Gasteiger partial charge in [0.25, 0.3) is 0 Å². The van der Waals surface area contributed by atoms with E-state index in [-0.39, 0.29) is 0 Å². The molecule has 0 radical (unpaired) electrons. The Bertz CT molecular complexity index is 877. The Labute approximate surface area is 122 Å². The van der Waals surface area contributed by atoms with Crippen molar-refractivity contribution in [2.24, 2.45) is 0 Å². The number of fused-ring (bicyclic) bond motifs is 2. The SMILES string of the molecule is Nc1ccc2nc(Nc3nc4ccccc4s3)sc2c1. The van der Waals surface area contributed by atoms with Crippen LogP contribution in [0.1, 0.15) is 0 Å². The minimum absolute atomic E-state index is 0.757. The minimum atomic E-state index is 0.757. The van der Waals surface area contributed by atoms with Crippen LogP contribution in [0.3, 0.4) is 0 Å². The van der Waals surface area contributed by atoms with Crippen molar-refractivity contribution < 1.29 is 0 Å². The fourth-order valence-corrected chi connectivity index (χ4v) is 3.85. The Morgan fingerprint density at radius 1 is 0.850 bits per heavy atom. The molecular weight excluding hydrogens is 288 g/mol. The third kappa shape index (κ3) is 1.99. The van der Waals surface area contributed by atoms with Crippen molar-refractivity contribution in [1.29, 1.82) is 0 Å². The maximum atomic E-state index is 5.78. The van der Waals surface area contributed by atoms with Gasteiger partial charge in [0.2, 0.25) is 0 Å². The van der Waals surface area contributed by atoms with Gasteiger partial charge in [-0.15, -0.1) is 0 Å². The molecule has 0 bridgehead atoms. The van der Waals surface area contributed by atoms with Crippen molar-refractivity contribution in [3.8, 4) is 0 Å². The molecule has 0 spiro atoms. The van der Waals surface area contributed by atoms with Gasteiger partial charge in [-0.25, -0.2) is 9.97 Å². The first-order chi connectivity index (χ1) is 9.78. The molecule has 0 saturated carbocycles. The second-order valence-corrected chi connectivity index (χ2v) is 6.42. The van der Waals surface area contributed by atoms with Crippen LogP contribution >= 0.6 is 22.7 Å². The third-order valence-electron chi connectivity index (χ3n) is 2.92. The first kappa shape index (κ1) is 11.6. The molecule has 0 saturated heterocycles. The van der Waals surface area contributed by atoms with E-state index in [1.54, 1.807) is 22.7 Å². The summed E-state index contributed by atoms with van der Waals surface area (Å²) in [6, 6.07) is 13.8. The monoisotopic (exact) mass is 298 g/mol. The summed E-state index contributed by atoms with van der Waals surface area (Å²) in [5, 5.41) is 4.97. The average Bonchev–Trinajstić information content (AvgIpc) is 3.00. The molecule has 2 heterocycles. The lowest BCUT2D eigenvalue weighted by Crippen LogP contribution is -1.87. The van der Waals surface area contributed by atoms with Crippen LogP contribution in [0.25, 0.3) is 20.4 Å². The highest BCUT2D eigenvalue weighted by molar-refractivity contribution is 7.24. The van der Waals surface area contributed by atoms with Gasteiger partial charge >= 0.3 is 0 Å². The molecule has 3 N–H and O–H groups in total. The molecule has 2 aromatic heterocycles. The summed E-state index contributed by atoms with van der Waals surface area (Å²) < 4.78 is 2.24. The van der Waals surface area contributed by atoms with Crippen LogP contribution in [-0.4, -0.2) is 9.97 Å². The highest BCUT2D eigenvalue weighted by Gasteiger charge is 2.07. The van der Waals surface area contributed by atoms with E-state index in [1.807, 2.05) is 36.4 Å². The van der Waals surface area contributed by atoms with E-state index in [1.165, 1.54) is 4.70 Å². The molecule has 0 aliphatic carbocycles. The number of nitrogen functional groups attached to an aromatic ring is 1. The number of rotatable bonds is 2. The molecule has 4 aromatic rings. The smallest absolute Gasteiger partial charge is 0.190 e. The standard InChI is InChI=1S/C14H10N4S2/c15-8-5-6-10-12(7-8)20-14(17-10)18-13-16-9-3-1-2-4-11(9)19-13/h1-7H,15H2,(H,16,17,18). The molecule has 0 aliphatic rings. The number of nitrogens with zero attached hydrogens (tertiary/aromatic N) is 2. The van der Waals surface area contributed by atoms with E-state index < -0.39 is 0 Å². The second-order valence-electron chi connectivity index (χ2n) is 4.36. The van der Waals surface area contributed by atoms with Crippen LogP contribution in [0.4, 0.5) is 16.0 Å². The quantitative estimate of drug-likeness (QED) is 0.543. The largest absolute Gasteiger partial charge is 0.399 e. The summed E-state index contributed by atoms with van der Waals surface area (Å²) in [4.78, 5) is 9.08. The Balaban J connectivity index is 1.72. The Hall–Kier alpha value is -2.18. The Morgan fingerprint density at radius 3 is 2.35 bits per heavy atom. The fraction of sp³-hybridized carbons (Fsp3) is 0. The summed E-state index contributed by atoms with van der Waals surface area (Å²) >= 11 is 3.21. The van der Waals surface area contributed by atoms with E-state index in [4.69, 9.17) is 5.73 Å². The van der Waals surface area contributed by atoms with Crippen molar-refractivity contribution >= 4 is 59.1 Å². The summed E-state index contributed by atoms with van der Waals surface area (Å²) in [5.74, 6) is 0. The number of nitrogens with one attached hydrogen (secondary N) is 1. The van der Waals surface area contributed by atoms with Gasteiger partial charge in [0.15, 0.2) is 10.3 Å². The van der Waals surface area contributed by atoms with Crippen molar-refractivity contribution in [3.05, 3.63) is 42.5 Å². The molecule has 6 heteroatoms. The number of hydrogen-bond acceptors (Lipinski definition) is 6. The summed E-state index contributed by atoms with van der Waals surface area (Å²) in [7, 11) is 0. The molecule has 4 nitrogen and oxygen atoms in total. The van der Waals surface area contributed by atoms with Gasteiger partial charge in [-0.3, -0.25) is 0 Å². The number of benzene rings is 2. The highest BCUT2D eigenvalue weighted by Crippen LogP contribution is 2.32. The van der Waals surface area contributed by atoms with Crippen molar-refractivity contribution in [3.63, 3.8) is 0 Å². The molecule has 4 rings (SSSR count). The predicted octanol–water partition coefficient (Wildman–Crippen LogP) is 4.23. The Morgan fingerprint density at radius 2 is 1.55 bits per heavy atom. The number of thiazole rings is 2. The summed E-state index contributed by atoms with van der Waals surface area (Å²) in [5.41, 5.74) is 8.50. The van der Waals surface area contributed by atoms with Crippen LogP contribution in [0.15, 0.2) is 42.5 Å². The zero-order valence-corrected chi connectivity index (χ0v) is 12.0. The van der Waals surface area contributed by atoms with Gasteiger partial charge in [0.1, 0.15) is 0 Å². The van der Waals surface area contributed by atoms with E-state index in [2.05, 4.69) is 21.4 Å². The number of anilines is 3. The van der Waals surface area contributed by atoms with Gasteiger partial charge in [0.05, 0.1) is 20.4 Å². The molecular formula is C14H10N4S2. The molecule has 0 amide bonds. The average molecular weight is 298 g/mol. The lowest BCUT2D eigenvalue weighted by atomic mass is 10.3. The predicted molar refractivity (Wildman–Crippen MR) is 86.9 cm³/mol. The lowest BCUT2D eigenvalue weighted by molar-refractivity contribution is 1.40. The fourth-order valence-electron chi connectivity index (χ4n) is 2.01. The molecule has 2 aromatic carbocycles. The number of nitrogens with two attached hydrogens (primary N) is 1. The molecule has 0 aliphatic heterocycles. The van der Waals surface area contributed by atoms with Gasteiger partial charge in [-0.2, -0.15) is 0 Å².